The second-order valence-corrected chi connectivity index (χ2v) is 3.78. The van der Waals surface area contributed by atoms with E-state index in [2.05, 4.69) is 22.4 Å². The minimum Gasteiger partial charge on any atom is -0.360 e. The molecule has 1 aromatic heterocycles. The predicted octanol–water partition coefficient (Wildman–Crippen LogP) is 2.31. The van der Waals surface area contributed by atoms with Crippen LogP contribution in [0.25, 0.3) is 0 Å². The summed E-state index contributed by atoms with van der Waals surface area (Å²) in [6.07, 6.45) is 2.35. The number of rotatable bonds is 4. The molecule has 0 aliphatic carbocycles. The van der Waals surface area contributed by atoms with Crippen LogP contribution in [0.3, 0.4) is 0 Å². The monoisotopic (exact) mass is 188 g/mol. The molecule has 1 rings (SSSR count). The standard InChI is InChI=1S/C6H10N3S2/c1-2-3-4-7-5-8-9-6(10)11-5/h2-4H2,1H3,(H,7,8). The average Bonchev–Trinajstić information content (AvgIpc) is 2.37. The van der Waals surface area contributed by atoms with Gasteiger partial charge in [0.25, 0.3) is 0 Å². The first-order valence-corrected chi connectivity index (χ1v) is 4.79. The van der Waals surface area contributed by atoms with Gasteiger partial charge in [-0.15, -0.1) is 10.2 Å². The second-order valence-electron chi connectivity index (χ2n) is 2.15. The Morgan fingerprint density at radius 3 is 2.91 bits per heavy atom. The lowest BCUT2D eigenvalue weighted by molar-refractivity contribution is 0.830. The molecule has 3 nitrogen and oxygen atoms in total. The highest BCUT2D eigenvalue weighted by molar-refractivity contribution is 7.82. The molecule has 0 aliphatic rings. The molecule has 0 unspecified atom stereocenters. The summed E-state index contributed by atoms with van der Waals surface area (Å²) in [7, 11) is 0. The van der Waals surface area contributed by atoms with E-state index in [1.807, 2.05) is 0 Å². The maximum atomic E-state index is 4.82. The zero-order valence-corrected chi connectivity index (χ0v) is 7.97. The number of aromatic nitrogens is 2. The minimum atomic E-state index is 0.601. The Labute approximate surface area is 75.6 Å². The number of nitrogens with one attached hydrogen (secondary N) is 1. The molecule has 0 fully saturated rings. The number of anilines is 1. The molecule has 0 saturated carbocycles. The van der Waals surface area contributed by atoms with Gasteiger partial charge in [-0.05, 0) is 19.0 Å². The Kier molecular flexibility index (Phi) is 3.51. The smallest absolute Gasteiger partial charge is 0.206 e. The third-order valence-corrected chi connectivity index (χ3v) is 2.22. The first-order valence-electron chi connectivity index (χ1n) is 3.57. The van der Waals surface area contributed by atoms with Crippen molar-refractivity contribution in [2.45, 2.75) is 24.1 Å². The van der Waals surface area contributed by atoms with Crippen molar-refractivity contribution in [1.29, 1.82) is 0 Å². The van der Waals surface area contributed by atoms with Gasteiger partial charge in [-0.2, -0.15) is 0 Å². The highest BCUT2D eigenvalue weighted by atomic mass is 32.2. The normalized spacial score (nSPS) is 9.91. The zero-order chi connectivity index (χ0) is 8.10. The predicted molar refractivity (Wildman–Crippen MR) is 49.2 cm³/mol. The summed E-state index contributed by atoms with van der Waals surface area (Å²) in [5, 5.41) is 11.5. The van der Waals surface area contributed by atoms with Gasteiger partial charge in [0.05, 0.1) is 0 Å². The van der Waals surface area contributed by atoms with Gasteiger partial charge in [0, 0.05) is 6.54 Å². The highest BCUT2D eigenvalue weighted by Crippen LogP contribution is 2.17. The molecule has 0 spiro atoms. The topological polar surface area (TPSA) is 37.8 Å². The van der Waals surface area contributed by atoms with E-state index < -0.39 is 0 Å². The van der Waals surface area contributed by atoms with Gasteiger partial charge in [0.1, 0.15) is 0 Å². The van der Waals surface area contributed by atoms with Crippen LogP contribution >= 0.6 is 24.0 Å². The van der Waals surface area contributed by atoms with E-state index in [1.54, 1.807) is 0 Å². The molecule has 0 aromatic carbocycles. The molecule has 1 radical (unpaired) electrons. The van der Waals surface area contributed by atoms with Gasteiger partial charge >= 0.3 is 0 Å². The number of hydrogen-bond donors (Lipinski definition) is 1. The maximum Gasteiger partial charge on any atom is 0.206 e. The lowest BCUT2D eigenvalue weighted by Crippen LogP contribution is -1.99. The first-order chi connectivity index (χ1) is 5.33. The number of unbranched alkanes of at least 4 members (excludes halogenated alkanes) is 1. The SMILES string of the molecule is CCCCNc1nnc([S])s1. The second kappa shape index (κ2) is 4.46. The molecule has 0 aliphatic heterocycles. The molecule has 61 valence electrons. The van der Waals surface area contributed by atoms with E-state index >= 15 is 0 Å². The van der Waals surface area contributed by atoms with E-state index in [0.717, 1.165) is 18.1 Å². The van der Waals surface area contributed by atoms with E-state index in [1.165, 1.54) is 17.8 Å². The Balaban J connectivity index is 2.27. The van der Waals surface area contributed by atoms with Crippen molar-refractivity contribution in [3.8, 4) is 0 Å². The van der Waals surface area contributed by atoms with E-state index in [0.29, 0.717) is 4.34 Å². The van der Waals surface area contributed by atoms with Gasteiger partial charge in [0.2, 0.25) is 9.47 Å². The molecular formula is C6H10N3S2. The van der Waals surface area contributed by atoms with Crippen LogP contribution in [-0.2, 0) is 0 Å². The molecule has 11 heavy (non-hydrogen) atoms. The molecule has 5 heteroatoms. The molecule has 0 saturated heterocycles. The third-order valence-electron chi connectivity index (χ3n) is 1.21. The summed E-state index contributed by atoms with van der Waals surface area (Å²) in [6.45, 7) is 3.11. The van der Waals surface area contributed by atoms with Crippen molar-refractivity contribution in [2.24, 2.45) is 0 Å². The van der Waals surface area contributed by atoms with Crippen LogP contribution < -0.4 is 5.32 Å². The summed E-state index contributed by atoms with van der Waals surface area (Å²) >= 11 is 6.24. The fourth-order valence-electron chi connectivity index (χ4n) is 0.653. The van der Waals surface area contributed by atoms with Crippen molar-refractivity contribution in [2.75, 3.05) is 11.9 Å². The van der Waals surface area contributed by atoms with E-state index in [-0.39, 0.29) is 0 Å². The zero-order valence-electron chi connectivity index (χ0n) is 6.33. The van der Waals surface area contributed by atoms with Crippen LogP contribution in [0, 0.1) is 0 Å². The third kappa shape index (κ3) is 2.98. The lowest BCUT2D eigenvalue weighted by atomic mass is 10.3. The van der Waals surface area contributed by atoms with Gasteiger partial charge < -0.3 is 5.32 Å². The molecular weight excluding hydrogens is 178 g/mol. The molecule has 0 bridgehead atoms. The highest BCUT2D eigenvalue weighted by Gasteiger charge is 1.98. The fraction of sp³-hybridized carbons (Fsp3) is 0.667. The van der Waals surface area contributed by atoms with Crippen molar-refractivity contribution < 1.29 is 0 Å². The van der Waals surface area contributed by atoms with Crippen LogP contribution in [0.4, 0.5) is 5.13 Å². The average molecular weight is 188 g/mol. The van der Waals surface area contributed by atoms with Gasteiger partial charge in [-0.25, -0.2) is 0 Å². The molecule has 0 atom stereocenters. The van der Waals surface area contributed by atoms with Crippen LogP contribution in [0.5, 0.6) is 0 Å². The molecule has 0 amide bonds. The number of nitrogens with zero attached hydrogens (tertiary/aromatic N) is 2. The summed E-state index contributed by atoms with van der Waals surface area (Å²) in [5.74, 6) is 0. The van der Waals surface area contributed by atoms with Gasteiger partial charge in [-0.1, -0.05) is 24.7 Å². The van der Waals surface area contributed by atoms with Crippen molar-refractivity contribution >= 4 is 29.1 Å². The summed E-state index contributed by atoms with van der Waals surface area (Å²) in [4.78, 5) is 0. The molecule has 1 N–H and O–H groups in total. The summed E-state index contributed by atoms with van der Waals surface area (Å²) in [5.41, 5.74) is 0. The Bertz CT molecular complexity index is 211. The Hall–Kier alpha value is -0.420. The van der Waals surface area contributed by atoms with Crippen molar-refractivity contribution in [3.05, 3.63) is 0 Å². The van der Waals surface area contributed by atoms with Crippen LogP contribution in [0.1, 0.15) is 19.8 Å². The molecule has 1 aromatic rings. The quantitative estimate of drug-likeness (QED) is 0.737. The molecule has 1 heterocycles. The largest absolute Gasteiger partial charge is 0.360 e. The lowest BCUT2D eigenvalue weighted by Gasteiger charge is -1.97. The summed E-state index contributed by atoms with van der Waals surface area (Å²) in [6, 6.07) is 0. The Morgan fingerprint density at radius 2 is 2.36 bits per heavy atom. The van der Waals surface area contributed by atoms with Crippen molar-refractivity contribution in [1.82, 2.24) is 10.2 Å². The van der Waals surface area contributed by atoms with Crippen molar-refractivity contribution in [3.63, 3.8) is 0 Å². The maximum absolute atomic E-state index is 4.82. The van der Waals surface area contributed by atoms with Crippen LogP contribution in [0.2, 0.25) is 0 Å². The fourth-order valence-corrected chi connectivity index (χ4v) is 1.43. The minimum absolute atomic E-state index is 0.601. The Morgan fingerprint density at radius 1 is 1.55 bits per heavy atom. The first kappa shape index (κ1) is 8.67. The van der Waals surface area contributed by atoms with Gasteiger partial charge in [0.15, 0.2) is 0 Å². The van der Waals surface area contributed by atoms with E-state index in [4.69, 9.17) is 12.6 Å². The summed E-state index contributed by atoms with van der Waals surface area (Å²) < 4.78 is 0.601. The van der Waals surface area contributed by atoms with E-state index in [9.17, 15) is 0 Å². The van der Waals surface area contributed by atoms with Gasteiger partial charge in [-0.3, -0.25) is 0 Å². The number of hydrogen-bond acceptors (Lipinski definition) is 4. The van der Waals surface area contributed by atoms with Crippen LogP contribution in [0.15, 0.2) is 4.34 Å². The van der Waals surface area contributed by atoms with Crippen LogP contribution in [-0.4, -0.2) is 16.7 Å².